The van der Waals surface area contributed by atoms with Gasteiger partial charge >= 0.3 is 0 Å². The summed E-state index contributed by atoms with van der Waals surface area (Å²) in [6, 6.07) is 0.215. The minimum Gasteiger partial charge on any atom is -0.323 e. The molecule has 0 spiro atoms. The van der Waals surface area contributed by atoms with Crippen molar-refractivity contribution < 1.29 is 0 Å². The van der Waals surface area contributed by atoms with Gasteiger partial charge in [0.25, 0.3) is 0 Å². The van der Waals surface area contributed by atoms with Crippen molar-refractivity contribution in [1.29, 1.82) is 0 Å². The molecule has 1 aromatic rings. The molecule has 106 valence electrons. The first-order valence-electron chi connectivity index (χ1n) is 7.70. The molecule has 2 aliphatic carbocycles. The summed E-state index contributed by atoms with van der Waals surface area (Å²) in [5.74, 6) is 1.62. The molecule has 1 fully saturated rings. The minimum absolute atomic E-state index is 0.215. The molecule has 3 heteroatoms. The van der Waals surface area contributed by atoms with E-state index in [9.17, 15) is 0 Å². The van der Waals surface area contributed by atoms with Crippen molar-refractivity contribution in [3.8, 4) is 0 Å². The highest BCUT2D eigenvalue weighted by Crippen LogP contribution is 2.45. The van der Waals surface area contributed by atoms with Crippen LogP contribution in [0.1, 0.15) is 80.4 Å². The highest BCUT2D eigenvalue weighted by Gasteiger charge is 2.34. The number of hydrogen-bond acceptors (Lipinski definition) is 3. The Morgan fingerprint density at radius 2 is 1.89 bits per heavy atom. The largest absolute Gasteiger partial charge is 0.323 e. The summed E-state index contributed by atoms with van der Waals surface area (Å²) in [4.78, 5) is 6.37. The average Bonchev–Trinajstić information content (AvgIpc) is 2.72. The molecule has 1 aromatic heterocycles. The maximum Gasteiger partial charge on any atom is 0.0962 e. The van der Waals surface area contributed by atoms with Crippen LogP contribution in [0.5, 0.6) is 0 Å². The van der Waals surface area contributed by atoms with Gasteiger partial charge < -0.3 is 5.73 Å². The first-order chi connectivity index (χ1) is 8.94. The Bertz CT molecular complexity index is 455. The molecule has 3 rings (SSSR count). The third kappa shape index (κ3) is 2.73. The van der Waals surface area contributed by atoms with E-state index in [0.717, 1.165) is 18.8 Å². The summed E-state index contributed by atoms with van der Waals surface area (Å²) in [7, 11) is 0. The van der Waals surface area contributed by atoms with Gasteiger partial charge in [-0.3, -0.25) is 0 Å². The molecule has 2 N–H and O–H groups in total. The van der Waals surface area contributed by atoms with Gasteiger partial charge in [0.15, 0.2) is 0 Å². The Kier molecular flexibility index (Phi) is 3.46. The molecule has 2 aliphatic rings. The Morgan fingerprint density at radius 1 is 1.21 bits per heavy atom. The summed E-state index contributed by atoms with van der Waals surface area (Å²) < 4.78 is 0. The van der Waals surface area contributed by atoms with E-state index in [1.54, 1.807) is 0 Å². The molecule has 0 aliphatic heterocycles. The van der Waals surface area contributed by atoms with Crippen molar-refractivity contribution in [2.75, 3.05) is 0 Å². The van der Waals surface area contributed by atoms with Crippen LogP contribution in [0.25, 0.3) is 0 Å². The summed E-state index contributed by atoms with van der Waals surface area (Å²) in [6.45, 7) is 7.01. The van der Waals surface area contributed by atoms with E-state index in [0.29, 0.717) is 11.3 Å². The highest BCUT2D eigenvalue weighted by atomic mass is 32.1. The fourth-order valence-electron chi connectivity index (χ4n) is 3.69. The predicted molar refractivity (Wildman–Crippen MR) is 81.5 cm³/mol. The second kappa shape index (κ2) is 4.85. The van der Waals surface area contributed by atoms with Gasteiger partial charge in [-0.1, -0.05) is 33.6 Å². The van der Waals surface area contributed by atoms with Crippen molar-refractivity contribution in [3.05, 3.63) is 15.6 Å². The maximum atomic E-state index is 6.36. The third-order valence-electron chi connectivity index (χ3n) is 4.86. The van der Waals surface area contributed by atoms with Crippen molar-refractivity contribution in [2.45, 2.75) is 71.3 Å². The average molecular weight is 278 g/mol. The third-order valence-corrected chi connectivity index (χ3v) is 6.26. The van der Waals surface area contributed by atoms with Gasteiger partial charge in [-0.2, -0.15) is 0 Å². The SMILES string of the molecule is CC1CCC(c2nc3c(s2)C(N)CC(C)(C)C3)CC1. The number of nitrogens with two attached hydrogens (primary N) is 1. The summed E-state index contributed by atoms with van der Waals surface area (Å²) in [6.07, 6.45) is 7.59. The van der Waals surface area contributed by atoms with Crippen LogP contribution >= 0.6 is 11.3 Å². The van der Waals surface area contributed by atoms with Crippen LogP contribution < -0.4 is 5.73 Å². The number of hydrogen-bond donors (Lipinski definition) is 1. The van der Waals surface area contributed by atoms with Crippen LogP contribution in [0.2, 0.25) is 0 Å². The molecule has 1 saturated carbocycles. The quantitative estimate of drug-likeness (QED) is 0.826. The van der Waals surface area contributed by atoms with Gasteiger partial charge in [-0.15, -0.1) is 11.3 Å². The first kappa shape index (κ1) is 13.6. The Balaban J connectivity index is 1.83. The molecular weight excluding hydrogens is 252 g/mol. The lowest BCUT2D eigenvalue weighted by Gasteiger charge is -2.32. The lowest BCUT2D eigenvalue weighted by Crippen LogP contribution is -2.28. The van der Waals surface area contributed by atoms with Gasteiger partial charge in [-0.05, 0) is 37.0 Å². The molecule has 0 aromatic carbocycles. The van der Waals surface area contributed by atoms with Crippen molar-refractivity contribution >= 4 is 11.3 Å². The first-order valence-corrected chi connectivity index (χ1v) is 8.51. The molecule has 1 unspecified atom stereocenters. The summed E-state index contributed by atoms with van der Waals surface area (Å²) in [5.41, 5.74) is 7.98. The Hall–Kier alpha value is -0.410. The van der Waals surface area contributed by atoms with Crippen LogP contribution in [-0.4, -0.2) is 4.98 Å². The topological polar surface area (TPSA) is 38.9 Å². The maximum absolute atomic E-state index is 6.36. The molecule has 0 amide bonds. The van der Waals surface area contributed by atoms with E-state index in [-0.39, 0.29) is 6.04 Å². The van der Waals surface area contributed by atoms with Gasteiger partial charge in [0.2, 0.25) is 0 Å². The monoisotopic (exact) mass is 278 g/mol. The zero-order valence-electron chi connectivity index (χ0n) is 12.4. The van der Waals surface area contributed by atoms with Crippen LogP contribution in [0, 0.1) is 11.3 Å². The molecule has 2 nitrogen and oxygen atoms in total. The number of fused-ring (bicyclic) bond motifs is 1. The van der Waals surface area contributed by atoms with E-state index >= 15 is 0 Å². The van der Waals surface area contributed by atoms with Crippen molar-refractivity contribution in [3.63, 3.8) is 0 Å². The van der Waals surface area contributed by atoms with E-state index in [4.69, 9.17) is 10.7 Å². The second-order valence-electron chi connectivity index (χ2n) is 7.47. The molecule has 19 heavy (non-hydrogen) atoms. The summed E-state index contributed by atoms with van der Waals surface area (Å²) >= 11 is 1.92. The molecule has 1 heterocycles. The fourth-order valence-corrected chi connectivity index (χ4v) is 4.95. The van der Waals surface area contributed by atoms with E-state index in [2.05, 4.69) is 20.8 Å². The highest BCUT2D eigenvalue weighted by molar-refractivity contribution is 7.12. The smallest absolute Gasteiger partial charge is 0.0962 e. The number of rotatable bonds is 1. The van der Waals surface area contributed by atoms with E-state index < -0.39 is 0 Å². The molecule has 0 radical (unpaired) electrons. The van der Waals surface area contributed by atoms with Gasteiger partial charge in [0, 0.05) is 16.8 Å². The lowest BCUT2D eigenvalue weighted by atomic mass is 9.76. The Labute approximate surface area is 120 Å². The molecule has 1 atom stereocenters. The molecule has 0 saturated heterocycles. The zero-order chi connectivity index (χ0) is 13.6. The molecule has 0 bridgehead atoms. The predicted octanol–water partition coefficient (Wildman–Crippen LogP) is 4.41. The van der Waals surface area contributed by atoms with E-state index in [1.807, 2.05) is 11.3 Å². The van der Waals surface area contributed by atoms with E-state index in [1.165, 1.54) is 41.3 Å². The lowest BCUT2D eigenvalue weighted by molar-refractivity contribution is 0.282. The van der Waals surface area contributed by atoms with Gasteiger partial charge in [-0.25, -0.2) is 4.98 Å². The Morgan fingerprint density at radius 3 is 2.58 bits per heavy atom. The van der Waals surface area contributed by atoms with Crippen LogP contribution in [0.3, 0.4) is 0 Å². The van der Waals surface area contributed by atoms with Gasteiger partial charge in [0.05, 0.1) is 10.7 Å². The van der Waals surface area contributed by atoms with Crippen LogP contribution in [0.4, 0.5) is 0 Å². The zero-order valence-corrected chi connectivity index (χ0v) is 13.2. The fraction of sp³-hybridized carbons (Fsp3) is 0.812. The number of aromatic nitrogens is 1. The molecular formula is C16H26N2S. The van der Waals surface area contributed by atoms with Crippen molar-refractivity contribution in [2.24, 2.45) is 17.1 Å². The van der Waals surface area contributed by atoms with Crippen LogP contribution in [0.15, 0.2) is 0 Å². The summed E-state index contributed by atoms with van der Waals surface area (Å²) in [5, 5.41) is 1.38. The normalized spacial score (nSPS) is 34.0. The van der Waals surface area contributed by atoms with Gasteiger partial charge in [0.1, 0.15) is 0 Å². The minimum atomic E-state index is 0.215. The van der Waals surface area contributed by atoms with Crippen LogP contribution in [-0.2, 0) is 6.42 Å². The van der Waals surface area contributed by atoms with Crippen molar-refractivity contribution in [1.82, 2.24) is 4.98 Å². The number of thiazole rings is 1. The second-order valence-corrected chi connectivity index (χ2v) is 8.53. The standard InChI is InChI=1S/C16H26N2S/c1-10-4-6-11(7-5-10)15-18-13-9-16(2,3)8-12(17)14(13)19-15/h10-12H,4-9,17H2,1-3H3. The number of nitrogens with zero attached hydrogens (tertiary/aromatic N) is 1.